The van der Waals surface area contributed by atoms with E-state index in [1.165, 1.54) is 6.07 Å². The van der Waals surface area contributed by atoms with Gasteiger partial charge in [0.25, 0.3) is 0 Å². The Morgan fingerprint density at radius 2 is 2.05 bits per heavy atom. The summed E-state index contributed by atoms with van der Waals surface area (Å²) in [7, 11) is 0. The summed E-state index contributed by atoms with van der Waals surface area (Å²) in [4.78, 5) is 12.0. The molecule has 1 aromatic rings. The van der Waals surface area contributed by atoms with Crippen LogP contribution >= 0.6 is 0 Å². The summed E-state index contributed by atoms with van der Waals surface area (Å²) in [6.45, 7) is 5.81. The first-order valence-electron chi connectivity index (χ1n) is 7.24. The molecule has 2 atom stereocenters. The van der Waals surface area contributed by atoms with Gasteiger partial charge in [-0.05, 0) is 51.3 Å². The van der Waals surface area contributed by atoms with Crippen molar-refractivity contribution < 1.29 is 18.3 Å². The van der Waals surface area contributed by atoms with Crippen molar-refractivity contribution in [1.82, 2.24) is 5.32 Å². The van der Waals surface area contributed by atoms with Gasteiger partial charge in [0.2, 0.25) is 0 Å². The minimum atomic E-state index is -0.847. The van der Waals surface area contributed by atoms with Gasteiger partial charge in [0.15, 0.2) is 11.6 Å². The van der Waals surface area contributed by atoms with E-state index in [1.807, 2.05) is 13.8 Å². The van der Waals surface area contributed by atoms with Crippen molar-refractivity contribution in [2.75, 3.05) is 6.61 Å². The number of carbonyl (C=O) groups is 1. The lowest BCUT2D eigenvalue weighted by atomic mass is 9.83. The molecule has 1 aliphatic heterocycles. The average Bonchev–Trinajstić information content (AvgIpc) is 2.92. The Hall–Kier alpha value is -1.49. The predicted octanol–water partition coefficient (Wildman–Crippen LogP) is 3.35. The molecule has 0 amide bonds. The largest absolute Gasteiger partial charge is 0.466 e. The number of carbonyl (C=O) groups excluding carboxylic acids is 1. The van der Waals surface area contributed by atoms with Crippen LogP contribution in [0.15, 0.2) is 18.2 Å². The molecule has 1 aliphatic rings. The highest BCUT2D eigenvalue weighted by Crippen LogP contribution is 2.36. The molecule has 1 N–H and O–H groups in total. The minimum Gasteiger partial charge on any atom is -0.466 e. The van der Waals surface area contributed by atoms with E-state index < -0.39 is 17.0 Å². The second kappa shape index (κ2) is 6.10. The monoisotopic (exact) mass is 297 g/mol. The van der Waals surface area contributed by atoms with Gasteiger partial charge < -0.3 is 10.1 Å². The lowest BCUT2D eigenvalue weighted by molar-refractivity contribution is -0.155. The molecule has 116 valence electrons. The van der Waals surface area contributed by atoms with Gasteiger partial charge in [-0.1, -0.05) is 6.07 Å². The van der Waals surface area contributed by atoms with Crippen molar-refractivity contribution in [2.45, 2.75) is 45.7 Å². The second-order valence-electron chi connectivity index (χ2n) is 5.96. The molecule has 5 heteroatoms. The molecule has 21 heavy (non-hydrogen) atoms. The smallest absolute Gasteiger partial charge is 0.313 e. The summed E-state index contributed by atoms with van der Waals surface area (Å²) < 4.78 is 31.4. The Morgan fingerprint density at radius 3 is 2.67 bits per heavy atom. The van der Waals surface area contributed by atoms with Crippen LogP contribution in [0.2, 0.25) is 0 Å². The van der Waals surface area contributed by atoms with E-state index in [-0.39, 0.29) is 18.1 Å². The molecule has 0 bridgehead atoms. The van der Waals surface area contributed by atoms with Gasteiger partial charge in [-0.3, -0.25) is 4.79 Å². The van der Waals surface area contributed by atoms with Crippen molar-refractivity contribution in [3.8, 4) is 0 Å². The van der Waals surface area contributed by atoms with Crippen molar-refractivity contribution in [1.29, 1.82) is 0 Å². The van der Waals surface area contributed by atoms with E-state index in [4.69, 9.17) is 4.74 Å². The fourth-order valence-electron chi connectivity index (χ4n) is 2.76. The topological polar surface area (TPSA) is 38.3 Å². The Bertz CT molecular complexity index is 531. The lowest BCUT2D eigenvalue weighted by Crippen LogP contribution is -2.44. The van der Waals surface area contributed by atoms with Crippen LogP contribution < -0.4 is 5.32 Å². The standard InChI is InChI=1S/C16H21F2NO2/c1-4-21-15(20)16(2,3)14-8-7-13(19-14)10-5-6-11(17)12(18)9-10/h5-6,9,13-14,19H,4,7-8H2,1-3H3/t13-,14+/m0/s1. The van der Waals surface area contributed by atoms with Crippen LogP contribution in [0.25, 0.3) is 0 Å². The van der Waals surface area contributed by atoms with Crippen LogP contribution in [-0.4, -0.2) is 18.6 Å². The minimum absolute atomic E-state index is 0.0466. The normalized spacial score (nSPS) is 22.3. The molecule has 0 saturated carbocycles. The highest BCUT2D eigenvalue weighted by molar-refractivity contribution is 5.77. The van der Waals surface area contributed by atoms with Crippen molar-refractivity contribution in [3.63, 3.8) is 0 Å². The summed E-state index contributed by atoms with van der Waals surface area (Å²) >= 11 is 0. The zero-order valence-electron chi connectivity index (χ0n) is 12.6. The van der Waals surface area contributed by atoms with E-state index >= 15 is 0 Å². The number of ether oxygens (including phenoxy) is 1. The molecular formula is C16H21F2NO2. The first kappa shape index (κ1) is 15.9. The SMILES string of the molecule is CCOC(=O)C(C)(C)[C@H]1CC[C@@H](c2ccc(F)c(F)c2)N1. The van der Waals surface area contributed by atoms with Crippen LogP contribution in [0.3, 0.4) is 0 Å². The maximum atomic E-state index is 13.3. The Balaban J connectivity index is 2.09. The third-order valence-corrected chi connectivity index (χ3v) is 4.17. The molecule has 1 aromatic carbocycles. The Morgan fingerprint density at radius 1 is 1.33 bits per heavy atom. The van der Waals surface area contributed by atoms with Gasteiger partial charge in [-0.15, -0.1) is 0 Å². The third kappa shape index (κ3) is 3.23. The van der Waals surface area contributed by atoms with Gasteiger partial charge >= 0.3 is 5.97 Å². The Labute approximate surface area is 123 Å². The van der Waals surface area contributed by atoms with Crippen molar-refractivity contribution in [3.05, 3.63) is 35.4 Å². The summed E-state index contributed by atoms with van der Waals surface area (Å²) in [5.41, 5.74) is 0.0552. The summed E-state index contributed by atoms with van der Waals surface area (Å²) in [6, 6.07) is 3.81. The van der Waals surface area contributed by atoms with E-state index in [0.29, 0.717) is 12.2 Å². The number of nitrogens with one attached hydrogen (secondary N) is 1. The van der Waals surface area contributed by atoms with Gasteiger partial charge in [-0.2, -0.15) is 0 Å². The number of halogens is 2. The molecule has 1 heterocycles. The molecule has 2 rings (SSSR count). The van der Waals surface area contributed by atoms with Crippen LogP contribution in [0.5, 0.6) is 0 Å². The molecule has 0 radical (unpaired) electrons. The fraction of sp³-hybridized carbons (Fsp3) is 0.562. The predicted molar refractivity (Wildman–Crippen MR) is 75.7 cm³/mol. The van der Waals surface area contributed by atoms with E-state index in [2.05, 4.69) is 5.32 Å². The fourth-order valence-corrected chi connectivity index (χ4v) is 2.76. The van der Waals surface area contributed by atoms with Crippen LogP contribution in [0, 0.1) is 17.0 Å². The summed E-state index contributed by atoms with van der Waals surface area (Å²) in [6.07, 6.45) is 1.56. The molecular weight excluding hydrogens is 276 g/mol. The number of rotatable bonds is 4. The van der Waals surface area contributed by atoms with Crippen LogP contribution in [0.1, 0.15) is 45.2 Å². The summed E-state index contributed by atoms with van der Waals surface area (Å²) in [5, 5.41) is 3.34. The van der Waals surface area contributed by atoms with Gasteiger partial charge in [0.05, 0.1) is 12.0 Å². The summed E-state index contributed by atoms with van der Waals surface area (Å²) in [5.74, 6) is -1.93. The van der Waals surface area contributed by atoms with Gasteiger partial charge in [-0.25, -0.2) is 8.78 Å². The highest BCUT2D eigenvalue weighted by atomic mass is 19.2. The van der Waals surface area contributed by atoms with E-state index in [1.54, 1.807) is 13.0 Å². The van der Waals surface area contributed by atoms with E-state index in [9.17, 15) is 13.6 Å². The maximum absolute atomic E-state index is 13.3. The molecule has 0 spiro atoms. The molecule has 0 aliphatic carbocycles. The number of esters is 1. The van der Waals surface area contributed by atoms with Crippen molar-refractivity contribution in [2.24, 2.45) is 5.41 Å². The number of hydrogen-bond acceptors (Lipinski definition) is 3. The number of hydrogen-bond donors (Lipinski definition) is 1. The lowest BCUT2D eigenvalue weighted by Gasteiger charge is -2.30. The molecule has 0 unspecified atom stereocenters. The van der Waals surface area contributed by atoms with Gasteiger partial charge in [0, 0.05) is 12.1 Å². The molecule has 1 fully saturated rings. The first-order valence-corrected chi connectivity index (χ1v) is 7.24. The maximum Gasteiger partial charge on any atom is 0.313 e. The van der Waals surface area contributed by atoms with Crippen molar-refractivity contribution >= 4 is 5.97 Å². The zero-order chi connectivity index (χ0) is 15.6. The second-order valence-corrected chi connectivity index (χ2v) is 5.96. The van der Waals surface area contributed by atoms with E-state index in [0.717, 1.165) is 18.9 Å². The van der Waals surface area contributed by atoms with Crippen LogP contribution in [0.4, 0.5) is 8.78 Å². The third-order valence-electron chi connectivity index (χ3n) is 4.17. The number of benzene rings is 1. The van der Waals surface area contributed by atoms with Crippen LogP contribution in [-0.2, 0) is 9.53 Å². The first-order chi connectivity index (χ1) is 9.86. The molecule has 3 nitrogen and oxygen atoms in total. The molecule has 1 saturated heterocycles. The quantitative estimate of drug-likeness (QED) is 0.866. The zero-order valence-corrected chi connectivity index (χ0v) is 12.6. The Kier molecular flexibility index (Phi) is 4.61. The van der Waals surface area contributed by atoms with Gasteiger partial charge in [0.1, 0.15) is 0 Å². The highest BCUT2D eigenvalue weighted by Gasteiger charge is 2.42. The average molecular weight is 297 g/mol. The molecule has 0 aromatic heterocycles.